The first-order valence-electron chi connectivity index (χ1n) is 10.4. The van der Waals surface area contributed by atoms with Gasteiger partial charge in [0.05, 0.1) is 13.2 Å². The van der Waals surface area contributed by atoms with Crippen molar-refractivity contribution in [1.29, 1.82) is 0 Å². The second-order valence-electron chi connectivity index (χ2n) is 8.07. The van der Waals surface area contributed by atoms with Gasteiger partial charge in [-0.2, -0.15) is 0 Å². The Kier molecular flexibility index (Phi) is 5.65. The van der Waals surface area contributed by atoms with Crippen molar-refractivity contribution in [2.45, 2.75) is 51.4 Å². The van der Waals surface area contributed by atoms with E-state index in [9.17, 15) is 9.59 Å². The quantitative estimate of drug-likeness (QED) is 0.755. The third-order valence-electron chi connectivity index (χ3n) is 6.28. The van der Waals surface area contributed by atoms with E-state index in [2.05, 4.69) is 0 Å². The highest BCUT2D eigenvalue weighted by atomic mass is 16.5. The van der Waals surface area contributed by atoms with Crippen LogP contribution in [0.4, 0.5) is 0 Å². The van der Waals surface area contributed by atoms with Crippen molar-refractivity contribution < 1.29 is 19.1 Å². The predicted molar refractivity (Wildman–Crippen MR) is 102 cm³/mol. The van der Waals surface area contributed by atoms with Gasteiger partial charge in [0.15, 0.2) is 17.3 Å². The van der Waals surface area contributed by atoms with E-state index < -0.39 is 0 Å². The summed E-state index contributed by atoms with van der Waals surface area (Å²) < 4.78 is 11.3. The van der Waals surface area contributed by atoms with Crippen molar-refractivity contribution in [2.24, 2.45) is 11.8 Å². The number of amides is 1. The fourth-order valence-electron chi connectivity index (χ4n) is 4.69. The Balaban J connectivity index is 1.31. The molecule has 0 spiro atoms. The van der Waals surface area contributed by atoms with E-state index in [4.69, 9.17) is 9.47 Å². The lowest BCUT2D eigenvalue weighted by Crippen LogP contribution is -2.44. The Morgan fingerprint density at radius 3 is 2.56 bits per heavy atom. The molecule has 2 fully saturated rings. The molecule has 2 atom stereocenters. The van der Waals surface area contributed by atoms with Crippen LogP contribution < -0.4 is 9.47 Å². The standard InChI is InChI=1S/C22H29NO4/c24-19(17-6-8-20-21(14-17)27-13-3-12-26-20)7-9-22(25)23-11-10-16-4-1-2-5-18(16)15-23/h6,8,14,16,18H,1-5,7,9-13,15H2/t16-,18+/m0/s1. The van der Waals surface area contributed by atoms with Gasteiger partial charge in [0.2, 0.25) is 5.91 Å². The van der Waals surface area contributed by atoms with E-state index in [-0.39, 0.29) is 18.1 Å². The molecule has 3 aliphatic rings. The SMILES string of the molecule is O=C(CCC(=O)N1CC[C@@H]2CCCC[C@@H]2C1)c1ccc2c(c1)OCCCO2. The molecular weight excluding hydrogens is 342 g/mol. The Morgan fingerprint density at radius 2 is 1.70 bits per heavy atom. The molecule has 5 heteroatoms. The Labute approximate surface area is 161 Å². The number of fused-ring (bicyclic) bond motifs is 2. The number of hydrogen-bond donors (Lipinski definition) is 0. The van der Waals surface area contributed by atoms with Gasteiger partial charge in [-0.25, -0.2) is 0 Å². The summed E-state index contributed by atoms with van der Waals surface area (Å²) >= 11 is 0. The first-order valence-corrected chi connectivity index (χ1v) is 10.4. The fraction of sp³-hybridized carbons (Fsp3) is 0.636. The lowest BCUT2D eigenvalue weighted by atomic mass is 9.75. The van der Waals surface area contributed by atoms with Crippen LogP contribution in [0.25, 0.3) is 0 Å². The van der Waals surface area contributed by atoms with Crippen LogP contribution in [0, 0.1) is 11.8 Å². The summed E-state index contributed by atoms with van der Waals surface area (Å²) in [5.74, 6) is 2.92. The average molecular weight is 371 g/mol. The molecule has 1 aromatic carbocycles. The molecule has 0 radical (unpaired) electrons. The minimum atomic E-state index is -0.00782. The number of ketones is 1. The predicted octanol–water partition coefficient (Wildman–Crippen LogP) is 3.85. The van der Waals surface area contributed by atoms with Crippen molar-refractivity contribution in [1.82, 2.24) is 4.90 Å². The molecule has 146 valence electrons. The van der Waals surface area contributed by atoms with Gasteiger partial charge in [-0.3, -0.25) is 9.59 Å². The summed E-state index contributed by atoms with van der Waals surface area (Å²) in [6.07, 6.45) is 7.75. The van der Waals surface area contributed by atoms with E-state index in [1.807, 2.05) is 4.90 Å². The van der Waals surface area contributed by atoms with Gasteiger partial charge < -0.3 is 14.4 Å². The maximum absolute atomic E-state index is 12.6. The lowest BCUT2D eigenvalue weighted by molar-refractivity contribution is -0.134. The highest BCUT2D eigenvalue weighted by Gasteiger charge is 2.32. The van der Waals surface area contributed by atoms with Crippen molar-refractivity contribution in [3.8, 4) is 11.5 Å². The number of carbonyl (C=O) groups is 2. The van der Waals surface area contributed by atoms with Crippen LogP contribution in [0.2, 0.25) is 0 Å². The number of Topliss-reactive ketones (excluding diaryl/α,β-unsaturated/α-hetero) is 1. The summed E-state index contributed by atoms with van der Waals surface area (Å²) in [6.45, 7) is 2.98. The Bertz CT molecular complexity index is 702. The van der Waals surface area contributed by atoms with Gasteiger partial charge in [-0.05, 0) is 42.9 Å². The Morgan fingerprint density at radius 1 is 0.926 bits per heavy atom. The van der Waals surface area contributed by atoms with Gasteiger partial charge in [-0.15, -0.1) is 0 Å². The zero-order chi connectivity index (χ0) is 18.6. The van der Waals surface area contributed by atoms with Crippen LogP contribution in [0.5, 0.6) is 11.5 Å². The van der Waals surface area contributed by atoms with Crippen molar-refractivity contribution >= 4 is 11.7 Å². The van der Waals surface area contributed by atoms with Crippen LogP contribution in [0.15, 0.2) is 18.2 Å². The zero-order valence-electron chi connectivity index (χ0n) is 16.0. The van der Waals surface area contributed by atoms with Crippen LogP contribution >= 0.6 is 0 Å². The van der Waals surface area contributed by atoms with E-state index in [1.165, 1.54) is 25.7 Å². The van der Waals surface area contributed by atoms with Gasteiger partial charge in [0, 0.05) is 37.9 Å². The van der Waals surface area contributed by atoms with Crippen LogP contribution in [-0.2, 0) is 4.79 Å². The number of rotatable bonds is 4. The van der Waals surface area contributed by atoms with Crippen LogP contribution in [0.3, 0.4) is 0 Å². The maximum atomic E-state index is 12.6. The fourth-order valence-corrected chi connectivity index (χ4v) is 4.69. The van der Waals surface area contributed by atoms with E-state index in [0.29, 0.717) is 42.6 Å². The van der Waals surface area contributed by atoms with Crippen molar-refractivity contribution in [2.75, 3.05) is 26.3 Å². The molecule has 0 aromatic heterocycles. The molecule has 1 aliphatic carbocycles. The van der Waals surface area contributed by atoms with Crippen LogP contribution in [0.1, 0.15) is 61.7 Å². The topological polar surface area (TPSA) is 55.8 Å². The molecule has 2 aliphatic heterocycles. The number of likely N-dealkylation sites (tertiary alicyclic amines) is 1. The van der Waals surface area contributed by atoms with E-state index >= 15 is 0 Å². The minimum absolute atomic E-state index is 0.00782. The monoisotopic (exact) mass is 371 g/mol. The average Bonchev–Trinajstić information content (AvgIpc) is 2.96. The van der Waals surface area contributed by atoms with Crippen molar-refractivity contribution in [3.63, 3.8) is 0 Å². The largest absolute Gasteiger partial charge is 0.490 e. The van der Waals surface area contributed by atoms with Gasteiger partial charge >= 0.3 is 0 Å². The molecule has 5 nitrogen and oxygen atoms in total. The maximum Gasteiger partial charge on any atom is 0.223 e. The van der Waals surface area contributed by atoms with Gasteiger partial charge in [0.25, 0.3) is 0 Å². The molecule has 4 rings (SSSR count). The molecule has 1 saturated heterocycles. The number of carbonyl (C=O) groups excluding carboxylic acids is 2. The minimum Gasteiger partial charge on any atom is -0.490 e. The third-order valence-corrected chi connectivity index (χ3v) is 6.28. The number of nitrogens with zero attached hydrogens (tertiary/aromatic N) is 1. The highest BCUT2D eigenvalue weighted by Crippen LogP contribution is 2.36. The second-order valence-corrected chi connectivity index (χ2v) is 8.07. The number of benzene rings is 1. The summed E-state index contributed by atoms with van der Waals surface area (Å²) in [4.78, 5) is 27.2. The molecule has 1 aromatic rings. The molecule has 2 heterocycles. The van der Waals surface area contributed by atoms with Gasteiger partial charge in [-0.1, -0.05) is 19.3 Å². The van der Waals surface area contributed by atoms with E-state index in [1.54, 1.807) is 18.2 Å². The van der Waals surface area contributed by atoms with E-state index in [0.717, 1.165) is 31.8 Å². The highest BCUT2D eigenvalue weighted by molar-refractivity contribution is 5.98. The third kappa shape index (κ3) is 4.28. The summed E-state index contributed by atoms with van der Waals surface area (Å²) in [6, 6.07) is 5.32. The second kappa shape index (κ2) is 8.32. The van der Waals surface area contributed by atoms with Gasteiger partial charge in [0.1, 0.15) is 0 Å². The molecule has 1 amide bonds. The number of piperidine rings is 1. The molecule has 1 saturated carbocycles. The molecule has 27 heavy (non-hydrogen) atoms. The van der Waals surface area contributed by atoms with Crippen molar-refractivity contribution in [3.05, 3.63) is 23.8 Å². The molecule has 0 unspecified atom stereocenters. The Hall–Kier alpha value is -2.04. The summed E-state index contributed by atoms with van der Waals surface area (Å²) in [7, 11) is 0. The summed E-state index contributed by atoms with van der Waals surface area (Å²) in [5, 5.41) is 0. The van der Waals surface area contributed by atoms with Crippen LogP contribution in [-0.4, -0.2) is 42.9 Å². The zero-order valence-corrected chi connectivity index (χ0v) is 16.0. The number of hydrogen-bond acceptors (Lipinski definition) is 4. The lowest BCUT2D eigenvalue weighted by Gasteiger charge is -2.41. The molecule has 0 N–H and O–H groups in total. The number of ether oxygens (including phenoxy) is 2. The summed E-state index contributed by atoms with van der Waals surface area (Å²) in [5.41, 5.74) is 0.595. The first-order chi connectivity index (χ1) is 13.2. The normalized spacial score (nSPS) is 24.7. The molecular formula is C22H29NO4. The smallest absolute Gasteiger partial charge is 0.223 e. The first kappa shape index (κ1) is 18.3. The molecule has 0 bridgehead atoms.